The molecule has 1 amide bonds. The van der Waals surface area contributed by atoms with Gasteiger partial charge < -0.3 is 4.90 Å². The molecule has 0 radical (unpaired) electrons. The smallest absolute Gasteiger partial charge is 0.270 e. The zero-order valence-electron chi connectivity index (χ0n) is 14.7. The van der Waals surface area contributed by atoms with Gasteiger partial charge in [-0.05, 0) is 57.3 Å². The van der Waals surface area contributed by atoms with Crippen molar-refractivity contribution >= 4 is 55.5 Å². The van der Waals surface area contributed by atoms with E-state index in [1.165, 1.54) is 22.5 Å². The van der Waals surface area contributed by atoms with E-state index in [4.69, 9.17) is 16.6 Å². The first-order valence-electron chi connectivity index (χ1n) is 7.95. The van der Waals surface area contributed by atoms with Gasteiger partial charge in [0.15, 0.2) is 5.13 Å². The lowest BCUT2D eigenvalue weighted by Crippen LogP contribution is -2.36. The van der Waals surface area contributed by atoms with Crippen molar-refractivity contribution in [2.45, 2.75) is 13.8 Å². The number of fused-ring (bicyclic) bond motifs is 1. The highest BCUT2D eigenvalue weighted by molar-refractivity contribution is 7.22. The molecule has 132 valence electrons. The molecular weight excluding hydrogens is 374 g/mol. The third kappa shape index (κ3) is 3.87. The maximum atomic E-state index is 13.0. The average molecular weight is 394 g/mol. The van der Waals surface area contributed by atoms with Crippen LogP contribution in [0.5, 0.6) is 0 Å². The molecule has 0 saturated heterocycles. The maximum absolute atomic E-state index is 13.0. The topological polar surface area (TPSA) is 36.4 Å². The standard InChI is InChI=1S/C18H20ClN3OS2/c1-11-5-6-13-16(12(11)2)20-18(25-13)22(10-9-21(3)4)17(23)14-7-8-15(19)24-14/h5-8H,9-10H2,1-4H3. The molecule has 0 fully saturated rings. The lowest BCUT2D eigenvalue weighted by Gasteiger charge is -2.21. The number of aryl methyl sites for hydroxylation is 2. The summed E-state index contributed by atoms with van der Waals surface area (Å²) in [6.45, 7) is 5.50. The van der Waals surface area contributed by atoms with Crippen molar-refractivity contribution in [2.24, 2.45) is 0 Å². The second-order valence-corrected chi connectivity index (χ2v) is 8.94. The number of hydrogen-bond donors (Lipinski definition) is 0. The highest BCUT2D eigenvalue weighted by atomic mass is 35.5. The van der Waals surface area contributed by atoms with Crippen molar-refractivity contribution < 1.29 is 4.79 Å². The lowest BCUT2D eigenvalue weighted by molar-refractivity contribution is 0.0989. The number of aromatic nitrogens is 1. The van der Waals surface area contributed by atoms with Crippen LogP contribution in [0, 0.1) is 13.8 Å². The zero-order valence-corrected chi connectivity index (χ0v) is 17.1. The third-order valence-electron chi connectivity index (χ3n) is 4.10. The van der Waals surface area contributed by atoms with Gasteiger partial charge in [-0.2, -0.15) is 0 Å². The molecular formula is C18H20ClN3OS2. The molecule has 25 heavy (non-hydrogen) atoms. The van der Waals surface area contributed by atoms with E-state index in [-0.39, 0.29) is 5.91 Å². The first-order valence-corrected chi connectivity index (χ1v) is 9.96. The number of rotatable bonds is 5. The van der Waals surface area contributed by atoms with E-state index in [1.807, 2.05) is 14.1 Å². The van der Waals surface area contributed by atoms with Gasteiger partial charge in [-0.15, -0.1) is 11.3 Å². The Balaban J connectivity index is 2.01. The normalized spacial score (nSPS) is 11.4. The van der Waals surface area contributed by atoms with Gasteiger partial charge in [0, 0.05) is 13.1 Å². The molecule has 2 heterocycles. The number of carbonyl (C=O) groups is 1. The first-order chi connectivity index (χ1) is 11.9. The number of halogens is 1. The highest BCUT2D eigenvalue weighted by Crippen LogP contribution is 2.33. The molecule has 0 saturated carbocycles. The molecule has 7 heteroatoms. The Bertz CT molecular complexity index is 916. The highest BCUT2D eigenvalue weighted by Gasteiger charge is 2.23. The zero-order chi connectivity index (χ0) is 18.1. The molecule has 0 atom stereocenters. The molecule has 0 aliphatic rings. The molecule has 0 aliphatic heterocycles. The van der Waals surface area contributed by atoms with Gasteiger partial charge in [-0.1, -0.05) is 29.0 Å². The molecule has 3 rings (SSSR count). The quantitative estimate of drug-likeness (QED) is 0.622. The average Bonchev–Trinajstić information content (AvgIpc) is 3.17. The summed E-state index contributed by atoms with van der Waals surface area (Å²) in [5, 5.41) is 0.736. The summed E-state index contributed by atoms with van der Waals surface area (Å²) in [5.41, 5.74) is 3.35. The van der Waals surface area contributed by atoms with Crippen molar-refractivity contribution in [3.8, 4) is 0 Å². The van der Waals surface area contributed by atoms with Crippen LogP contribution in [-0.4, -0.2) is 43.0 Å². The van der Waals surface area contributed by atoms with Gasteiger partial charge in [0.05, 0.1) is 19.4 Å². The maximum Gasteiger partial charge on any atom is 0.270 e. The molecule has 4 nitrogen and oxygen atoms in total. The molecule has 2 aromatic heterocycles. The summed E-state index contributed by atoms with van der Waals surface area (Å²) in [4.78, 5) is 22.3. The fourth-order valence-electron chi connectivity index (χ4n) is 2.48. The second-order valence-electron chi connectivity index (χ2n) is 6.21. The fourth-order valence-corrected chi connectivity index (χ4v) is 4.52. The van der Waals surface area contributed by atoms with Crippen molar-refractivity contribution in [1.29, 1.82) is 0 Å². The minimum atomic E-state index is -0.0489. The first kappa shape index (κ1) is 18.3. The number of benzene rings is 1. The summed E-state index contributed by atoms with van der Waals surface area (Å²) < 4.78 is 1.72. The number of amides is 1. The van der Waals surface area contributed by atoms with Crippen molar-refractivity contribution in [3.63, 3.8) is 0 Å². The minimum Gasteiger partial charge on any atom is -0.308 e. The molecule has 0 N–H and O–H groups in total. The number of nitrogens with zero attached hydrogens (tertiary/aromatic N) is 3. The number of likely N-dealkylation sites (N-methyl/N-ethyl adjacent to an activating group) is 1. The molecule has 0 bridgehead atoms. The van der Waals surface area contributed by atoms with E-state index < -0.39 is 0 Å². The number of thiophene rings is 1. The largest absolute Gasteiger partial charge is 0.308 e. The number of thiazole rings is 1. The van der Waals surface area contributed by atoms with E-state index in [2.05, 4.69) is 30.9 Å². The van der Waals surface area contributed by atoms with Crippen LogP contribution in [0.25, 0.3) is 10.2 Å². The van der Waals surface area contributed by atoms with Crippen LogP contribution in [0.3, 0.4) is 0 Å². The van der Waals surface area contributed by atoms with Gasteiger partial charge in [0.25, 0.3) is 5.91 Å². The van der Waals surface area contributed by atoms with Gasteiger partial charge in [-0.25, -0.2) is 4.98 Å². The van der Waals surface area contributed by atoms with Crippen molar-refractivity contribution in [3.05, 3.63) is 44.6 Å². The van der Waals surface area contributed by atoms with E-state index in [0.29, 0.717) is 15.8 Å². The summed E-state index contributed by atoms with van der Waals surface area (Å²) in [7, 11) is 3.99. The van der Waals surface area contributed by atoms with Crippen LogP contribution >= 0.6 is 34.3 Å². The van der Waals surface area contributed by atoms with E-state index >= 15 is 0 Å². The van der Waals surface area contributed by atoms with E-state index in [1.54, 1.807) is 28.4 Å². The van der Waals surface area contributed by atoms with Crippen molar-refractivity contribution in [1.82, 2.24) is 9.88 Å². The minimum absolute atomic E-state index is 0.0489. The monoisotopic (exact) mass is 393 g/mol. The lowest BCUT2D eigenvalue weighted by atomic mass is 10.1. The van der Waals surface area contributed by atoms with Gasteiger partial charge in [-0.3, -0.25) is 9.69 Å². The SMILES string of the molecule is Cc1ccc2sc(N(CCN(C)C)C(=O)c3ccc(Cl)s3)nc2c1C. The molecule has 0 spiro atoms. The molecule has 0 unspecified atom stereocenters. The van der Waals surface area contributed by atoms with Crippen LogP contribution in [-0.2, 0) is 0 Å². The molecule has 1 aromatic carbocycles. The van der Waals surface area contributed by atoms with Crippen LogP contribution in [0.1, 0.15) is 20.8 Å². The Kier molecular flexibility index (Phi) is 5.43. The summed E-state index contributed by atoms with van der Waals surface area (Å²) in [6, 6.07) is 7.72. The van der Waals surface area contributed by atoms with Crippen LogP contribution in [0.15, 0.2) is 24.3 Å². The molecule has 0 aliphatic carbocycles. The van der Waals surface area contributed by atoms with Crippen LogP contribution in [0.4, 0.5) is 5.13 Å². The predicted molar refractivity (Wildman–Crippen MR) is 109 cm³/mol. The Hall–Kier alpha value is -1.47. The number of hydrogen-bond acceptors (Lipinski definition) is 5. The Morgan fingerprint density at radius 3 is 2.52 bits per heavy atom. The summed E-state index contributed by atoms with van der Waals surface area (Å²) in [5.74, 6) is -0.0489. The fraction of sp³-hybridized carbons (Fsp3) is 0.333. The second kappa shape index (κ2) is 7.41. The van der Waals surface area contributed by atoms with Crippen LogP contribution in [0.2, 0.25) is 4.34 Å². The van der Waals surface area contributed by atoms with Gasteiger partial charge in [0.2, 0.25) is 0 Å². The summed E-state index contributed by atoms with van der Waals surface area (Å²) in [6.07, 6.45) is 0. The van der Waals surface area contributed by atoms with Crippen LogP contribution < -0.4 is 4.90 Å². The van der Waals surface area contributed by atoms with E-state index in [9.17, 15) is 4.79 Å². The van der Waals surface area contributed by atoms with Gasteiger partial charge in [0.1, 0.15) is 0 Å². The third-order valence-corrected chi connectivity index (χ3v) is 6.37. The molecule has 3 aromatic rings. The Labute approximate surface area is 160 Å². The van der Waals surface area contributed by atoms with Gasteiger partial charge >= 0.3 is 0 Å². The summed E-state index contributed by atoms with van der Waals surface area (Å²) >= 11 is 8.87. The Morgan fingerprint density at radius 2 is 1.88 bits per heavy atom. The van der Waals surface area contributed by atoms with E-state index in [0.717, 1.165) is 21.9 Å². The number of carbonyl (C=O) groups excluding carboxylic acids is 1. The van der Waals surface area contributed by atoms with Crippen molar-refractivity contribution in [2.75, 3.05) is 32.1 Å². The number of anilines is 1. The predicted octanol–water partition coefficient (Wildman–Crippen LogP) is 4.84. The Morgan fingerprint density at radius 1 is 1.12 bits per heavy atom.